The van der Waals surface area contributed by atoms with Crippen molar-refractivity contribution in [3.8, 4) is 0 Å². The molecule has 0 aromatic rings. The standard InChI is InChI=1S/C12H20N2O3S/c1-10(15)14-3-6-17-12(2,9-14)11(16)13-4-7-18-8-5-13/h3-9H2,1-2H3/t12-/m1/s1. The van der Waals surface area contributed by atoms with Crippen LogP contribution in [0.25, 0.3) is 0 Å². The zero-order valence-corrected chi connectivity index (χ0v) is 11.8. The number of nitrogens with zero attached hydrogens (tertiary/aromatic N) is 2. The summed E-state index contributed by atoms with van der Waals surface area (Å²) < 4.78 is 5.67. The number of hydrogen-bond acceptors (Lipinski definition) is 4. The van der Waals surface area contributed by atoms with E-state index < -0.39 is 5.60 Å². The van der Waals surface area contributed by atoms with Gasteiger partial charge in [-0.1, -0.05) is 0 Å². The maximum Gasteiger partial charge on any atom is 0.256 e. The Hall–Kier alpha value is -0.750. The largest absolute Gasteiger partial charge is 0.362 e. The van der Waals surface area contributed by atoms with Crippen molar-refractivity contribution in [2.75, 3.05) is 44.3 Å². The molecule has 18 heavy (non-hydrogen) atoms. The average Bonchev–Trinajstić information content (AvgIpc) is 2.39. The topological polar surface area (TPSA) is 49.9 Å². The SMILES string of the molecule is CC(=O)N1CCO[C@@](C)(C(=O)N2CCSCC2)C1. The zero-order chi connectivity index (χ0) is 13.2. The van der Waals surface area contributed by atoms with Gasteiger partial charge in [-0.3, -0.25) is 9.59 Å². The predicted molar refractivity (Wildman–Crippen MR) is 70.5 cm³/mol. The number of morpholine rings is 1. The second-order valence-corrected chi connectivity index (χ2v) is 6.15. The van der Waals surface area contributed by atoms with Crippen LogP contribution in [-0.4, -0.2) is 71.5 Å². The molecule has 102 valence electrons. The molecule has 1 atom stereocenters. The number of thioether (sulfide) groups is 1. The van der Waals surface area contributed by atoms with Gasteiger partial charge >= 0.3 is 0 Å². The summed E-state index contributed by atoms with van der Waals surface area (Å²) in [5.41, 5.74) is -0.869. The fourth-order valence-electron chi connectivity index (χ4n) is 2.37. The Bertz CT molecular complexity index is 344. The first kappa shape index (κ1) is 13.7. The van der Waals surface area contributed by atoms with E-state index in [2.05, 4.69) is 0 Å². The first-order valence-corrected chi connectivity index (χ1v) is 7.45. The first-order valence-electron chi connectivity index (χ1n) is 6.29. The molecule has 5 nitrogen and oxygen atoms in total. The van der Waals surface area contributed by atoms with Crippen LogP contribution in [0.3, 0.4) is 0 Å². The van der Waals surface area contributed by atoms with Gasteiger partial charge in [0.25, 0.3) is 5.91 Å². The highest BCUT2D eigenvalue weighted by atomic mass is 32.2. The van der Waals surface area contributed by atoms with Crippen molar-refractivity contribution < 1.29 is 14.3 Å². The monoisotopic (exact) mass is 272 g/mol. The predicted octanol–water partition coefficient (Wildman–Crippen LogP) is 0.199. The fraction of sp³-hybridized carbons (Fsp3) is 0.833. The van der Waals surface area contributed by atoms with Gasteiger partial charge in [-0.2, -0.15) is 11.8 Å². The number of rotatable bonds is 1. The summed E-state index contributed by atoms with van der Waals surface area (Å²) in [6.45, 7) is 6.27. The molecule has 0 N–H and O–H groups in total. The Kier molecular flexibility index (Phi) is 4.17. The molecule has 2 aliphatic heterocycles. The summed E-state index contributed by atoms with van der Waals surface area (Å²) >= 11 is 1.87. The molecular formula is C12H20N2O3S. The van der Waals surface area contributed by atoms with E-state index in [1.165, 1.54) is 6.92 Å². The third-order valence-electron chi connectivity index (χ3n) is 3.47. The summed E-state index contributed by atoms with van der Waals surface area (Å²) in [5.74, 6) is 2.00. The first-order chi connectivity index (χ1) is 8.53. The zero-order valence-electron chi connectivity index (χ0n) is 11.0. The lowest BCUT2D eigenvalue weighted by Crippen LogP contribution is -2.60. The van der Waals surface area contributed by atoms with Crippen molar-refractivity contribution in [3.63, 3.8) is 0 Å². The molecule has 0 aromatic carbocycles. The summed E-state index contributed by atoms with van der Waals surface area (Å²) in [4.78, 5) is 27.5. The van der Waals surface area contributed by atoms with Gasteiger partial charge in [0.15, 0.2) is 5.60 Å². The molecule has 2 rings (SSSR count). The van der Waals surface area contributed by atoms with Crippen LogP contribution >= 0.6 is 11.8 Å². The lowest BCUT2D eigenvalue weighted by atomic mass is 10.0. The highest BCUT2D eigenvalue weighted by molar-refractivity contribution is 7.99. The highest BCUT2D eigenvalue weighted by Gasteiger charge is 2.42. The van der Waals surface area contributed by atoms with Crippen molar-refractivity contribution >= 4 is 23.6 Å². The molecule has 2 heterocycles. The Morgan fingerprint density at radius 3 is 2.44 bits per heavy atom. The van der Waals surface area contributed by atoms with Crippen LogP contribution < -0.4 is 0 Å². The Morgan fingerprint density at radius 1 is 1.17 bits per heavy atom. The summed E-state index contributed by atoms with van der Waals surface area (Å²) in [6.07, 6.45) is 0. The Balaban J connectivity index is 2.04. The van der Waals surface area contributed by atoms with Crippen LogP contribution in [0.1, 0.15) is 13.8 Å². The van der Waals surface area contributed by atoms with Crippen LogP contribution in [0.15, 0.2) is 0 Å². The smallest absolute Gasteiger partial charge is 0.256 e. The van der Waals surface area contributed by atoms with Crippen molar-refractivity contribution in [1.82, 2.24) is 9.80 Å². The third-order valence-corrected chi connectivity index (χ3v) is 4.41. The van der Waals surface area contributed by atoms with E-state index >= 15 is 0 Å². The van der Waals surface area contributed by atoms with E-state index in [9.17, 15) is 9.59 Å². The van der Waals surface area contributed by atoms with Gasteiger partial charge in [-0.05, 0) is 6.92 Å². The molecule has 0 radical (unpaired) electrons. The third kappa shape index (κ3) is 2.80. The van der Waals surface area contributed by atoms with Gasteiger partial charge in [0.2, 0.25) is 5.91 Å². The second-order valence-electron chi connectivity index (χ2n) is 4.92. The minimum atomic E-state index is -0.869. The van der Waals surface area contributed by atoms with E-state index in [4.69, 9.17) is 4.74 Å². The Labute approximate surface area is 112 Å². The van der Waals surface area contributed by atoms with Gasteiger partial charge in [-0.15, -0.1) is 0 Å². The number of carbonyl (C=O) groups excluding carboxylic acids is 2. The van der Waals surface area contributed by atoms with Crippen molar-refractivity contribution in [1.29, 1.82) is 0 Å². The van der Waals surface area contributed by atoms with Gasteiger partial charge in [-0.25, -0.2) is 0 Å². The van der Waals surface area contributed by atoms with Gasteiger partial charge in [0.05, 0.1) is 13.2 Å². The lowest BCUT2D eigenvalue weighted by Gasteiger charge is -2.42. The molecule has 6 heteroatoms. The van der Waals surface area contributed by atoms with E-state index in [-0.39, 0.29) is 11.8 Å². The van der Waals surface area contributed by atoms with Gasteiger partial charge in [0, 0.05) is 38.1 Å². The normalized spacial score (nSPS) is 29.2. The number of hydrogen-bond donors (Lipinski definition) is 0. The molecule has 0 bridgehead atoms. The second kappa shape index (κ2) is 5.48. The minimum absolute atomic E-state index is 0.00604. The molecule has 2 saturated heterocycles. The van der Waals surface area contributed by atoms with E-state index in [1.807, 2.05) is 16.7 Å². The van der Waals surface area contributed by atoms with E-state index in [0.29, 0.717) is 19.7 Å². The average molecular weight is 272 g/mol. The molecule has 0 saturated carbocycles. The molecule has 0 unspecified atom stereocenters. The van der Waals surface area contributed by atoms with E-state index in [1.54, 1.807) is 11.8 Å². The van der Waals surface area contributed by atoms with E-state index in [0.717, 1.165) is 24.6 Å². The van der Waals surface area contributed by atoms with Crippen molar-refractivity contribution in [2.24, 2.45) is 0 Å². The molecule has 0 aromatic heterocycles. The number of carbonyl (C=O) groups is 2. The lowest BCUT2D eigenvalue weighted by molar-refractivity contribution is -0.170. The van der Waals surface area contributed by atoms with Crippen LogP contribution in [0.2, 0.25) is 0 Å². The number of ether oxygens (including phenoxy) is 1. The van der Waals surface area contributed by atoms with Gasteiger partial charge < -0.3 is 14.5 Å². The minimum Gasteiger partial charge on any atom is -0.362 e. The summed E-state index contributed by atoms with van der Waals surface area (Å²) in [6, 6.07) is 0. The highest BCUT2D eigenvalue weighted by Crippen LogP contribution is 2.22. The number of amides is 2. The fourth-order valence-corrected chi connectivity index (χ4v) is 3.27. The molecule has 2 fully saturated rings. The maximum absolute atomic E-state index is 12.5. The summed E-state index contributed by atoms with van der Waals surface area (Å²) in [5, 5.41) is 0. The molecule has 0 aliphatic carbocycles. The van der Waals surface area contributed by atoms with Crippen LogP contribution in [0.4, 0.5) is 0 Å². The molecule has 0 spiro atoms. The van der Waals surface area contributed by atoms with Crippen LogP contribution in [0.5, 0.6) is 0 Å². The van der Waals surface area contributed by atoms with Crippen LogP contribution in [-0.2, 0) is 14.3 Å². The molecule has 2 amide bonds. The van der Waals surface area contributed by atoms with Crippen molar-refractivity contribution in [3.05, 3.63) is 0 Å². The molecule has 2 aliphatic rings. The maximum atomic E-state index is 12.5. The van der Waals surface area contributed by atoms with Crippen molar-refractivity contribution in [2.45, 2.75) is 19.4 Å². The Morgan fingerprint density at radius 2 is 1.83 bits per heavy atom. The van der Waals surface area contributed by atoms with Gasteiger partial charge in [0.1, 0.15) is 0 Å². The quantitative estimate of drug-likeness (QED) is 0.684. The summed E-state index contributed by atoms with van der Waals surface area (Å²) in [7, 11) is 0. The van der Waals surface area contributed by atoms with Crippen LogP contribution in [0, 0.1) is 0 Å². The molecular weight excluding hydrogens is 252 g/mol.